The third-order valence-electron chi connectivity index (χ3n) is 2.13. The van der Waals surface area contributed by atoms with Crippen molar-refractivity contribution in [2.24, 2.45) is 11.7 Å². The van der Waals surface area contributed by atoms with Gasteiger partial charge in [-0.2, -0.15) is 0 Å². The quantitative estimate of drug-likeness (QED) is 0.724. The molecule has 0 saturated carbocycles. The molecule has 1 unspecified atom stereocenters. The highest BCUT2D eigenvalue weighted by Crippen LogP contribution is 2.05. The summed E-state index contributed by atoms with van der Waals surface area (Å²) in [6.45, 7) is 4.87. The number of nitrogens with two attached hydrogens (primary N) is 1. The van der Waals surface area contributed by atoms with Crippen molar-refractivity contribution in [1.29, 1.82) is 0 Å². The fourth-order valence-corrected chi connectivity index (χ4v) is 1.69. The van der Waals surface area contributed by atoms with E-state index in [4.69, 9.17) is 5.73 Å². The van der Waals surface area contributed by atoms with Gasteiger partial charge in [-0.1, -0.05) is 13.3 Å². The van der Waals surface area contributed by atoms with E-state index in [1.54, 1.807) is 11.3 Å². The molecule has 74 valence electrons. The van der Waals surface area contributed by atoms with Crippen LogP contribution in [0.25, 0.3) is 0 Å². The molecule has 3 N–H and O–H groups in total. The fraction of sp³-hybridized carbons (Fsp3) is 0.667. The van der Waals surface area contributed by atoms with Gasteiger partial charge >= 0.3 is 0 Å². The first-order valence-corrected chi connectivity index (χ1v) is 5.53. The van der Waals surface area contributed by atoms with E-state index in [9.17, 15) is 0 Å². The molecule has 1 rings (SSSR count). The summed E-state index contributed by atoms with van der Waals surface area (Å²) in [5.74, 6) is 0.605. The standard InChI is InChI=1S/C9H17N3S/c1-2-8(3-10)4-11-5-9-6-12-7-13-9/h6-8,11H,2-5,10H2,1H3. The Morgan fingerprint density at radius 2 is 2.54 bits per heavy atom. The van der Waals surface area contributed by atoms with Gasteiger partial charge in [-0.3, -0.25) is 4.98 Å². The molecule has 1 heterocycles. The fourth-order valence-electron chi connectivity index (χ4n) is 1.12. The molecule has 13 heavy (non-hydrogen) atoms. The normalized spacial score (nSPS) is 13.1. The number of thiazole rings is 1. The van der Waals surface area contributed by atoms with Crippen molar-refractivity contribution >= 4 is 11.3 Å². The van der Waals surface area contributed by atoms with Crippen molar-refractivity contribution in [1.82, 2.24) is 10.3 Å². The molecule has 0 aliphatic heterocycles. The molecule has 0 bridgehead atoms. The molecule has 0 spiro atoms. The van der Waals surface area contributed by atoms with Crippen molar-refractivity contribution < 1.29 is 0 Å². The Bertz CT molecular complexity index is 207. The lowest BCUT2D eigenvalue weighted by Crippen LogP contribution is -2.27. The second kappa shape index (κ2) is 6.07. The van der Waals surface area contributed by atoms with Crippen LogP contribution in [0.15, 0.2) is 11.7 Å². The zero-order valence-corrected chi connectivity index (χ0v) is 8.81. The van der Waals surface area contributed by atoms with Gasteiger partial charge < -0.3 is 11.1 Å². The van der Waals surface area contributed by atoms with Crippen LogP contribution in [-0.4, -0.2) is 18.1 Å². The van der Waals surface area contributed by atoms with E-state index < -0.39 is 0 Å². The second-order valence-electron chi connectivity index (χ2n) is 3.11. The molecule has 0 aromatic carbocycles. The van der Waals surface area contributed by atoms with Crippen molar-refractivity contribution in [3.05, 3.63) is 16.6 Å². The first-order valence-electron chi connectivity index (χ1n) is 4.65. The highest BCUT2D eigenvalue weighted by Gasteiger charge is 2.02. The van der Waals surface area contributed by atoms with E-state index in [-0.39, 0.29) is 0 Å². The topological polar surface area (TPSA) is 50.9 Å². The molecule has 1 aromatic rings. The number of aromatic nitrogens is 1. The molecule has 1 aromatic heterocycles. The molecular weight excluding hydrogens is 182 g/mol. The lowest BCUT2D eigenvalue weighted by molar-refractivity contribution is 0.472. The van der Waals surface area contributed by atoms with E-state index in [0.717, 1.165) is 26.1 Å². The minimum Gasteiger partial charge on any atom is -0.330 e. The first-order chi connectivity index (χ1) is 6.36. The van der Waals surface area contributed by atoms with Gasteiger partial charge in [0, 0.05) is 17.6 Å². The van der Waals surface area contributed by atoms with Crippen LogP contribution < -0.4 is 11.1 Å². The van der Waals surface area contributed by atoms with Gasteiger partial charge in [0.1, 0.15) is 0 Å². The van der Waals surface area contributed by atoms with Crippen LogP contribution in [0.5, 0.6) is 0 Å². The maximum atomic E-state index is 5.59. The van der Waals surface area contributed by atoms with Crippen LogP contribution in [0, 0.1) is 5.92 Å². The molecule has 0 saturated heterocycles. The molecule has 0 aliphatic rings. The molecule has 4 heteroatoms. The molecule has 0 radical (unpaired) electrons. The monoisotopic (exact) mass is 199 g/mol. The largest absolute Gasteiger partial charge is 0.330 e. The van der Waals surface area contributed by atoms with Crippen molar-refractivity contribution in [2.75, 3.05) is 13.1 Å². The van der Waals surface area contributed by atoms with Gasteiger partial charge in [-0.05, 0) is 19.0 Å². The summed E-state index contributed by atoms with van der Waals surface area (Å²) in [6, 6.07) is 0. The van der Waals surface area contributed by atoms with Gasteiger partial charge in [0.25, 0.3) is 0 Å². The number of hydrogen-bond donors (Lipinski definition) is 2. The number of hydrogen-bond acceptors (Lipinski definition) is 4. The highest BCUT2D eigenvalue weighted by atomic mass is 32.1. The maximum absolute atomic E-state index is 5.59. The third-order valence-corrected chi connectivity index (χ3v) is 2.91. The molecule has 3 nitrogen and oxygen atoms in total. The van der Waals surface area contributed by atoms with E-state index in [2.05, 4.69) is 17.2 Å². The summed E-state index contributed by atoms with van der Waals surface area (Å²) in [4.78, 5) is 5.30. The Labute approximate surface area is 83.4 Å². The average Bonchev–Trinajstić information content (AvgIpc) is 2.65. The summed E-state index contributed by atoms with van der Waals surface area (Å²) in [7, 11) is 0. The van der Waals surface area contributed by atoms with Crippen LogP contribution >= 0.6 is 11.3 Å². The Kier molecular flexibility index (Phi) is 4.97. The van der Waals surface area contributed by atoms with E-state index in [1.807, 2.05) is 11.7 Å². The van der Waals surface area contributed by atoms with E-state index >= 15 is 0 Å². The minimum absolute atomic E-state index is 0.605. The molecule has 0 aliphatic carbocycles. The second-order valence-corrected chi connectivity index (χ2v) is 4.08. The highest BCUT2D eigenvalue weighted by molar-refractivity contribution is 7.09. The van der Waals surface area contributed by atoms with Crippen LogP contribution in [0.4, 0.5) is 0 Å². The van der Waals surface area contributed by atoms with Crippen molar-refractivity contribution in [3.8, 4) is 0 Å². The predicted octanol–water partition coefficient (Wildman–Crippen LogP) is 1.22. The number of nitrogens with zero attached hydrogens (tertiary/aromatic N) is 1. The summed E-state index contributed by atoms with van der Waals surface area (Å²) in [6.07, 6.45) is 3.05. The van der Waals surface area contributed by atoms with E-state index in [0.29, 0.717) is 5.92 Å². The number of rotatable bonds is 6. The Morgan fingerprint density at radius 1 is 1.69 bits per heavy atom. The Morgan fingerprint density at radius 3 is 3.08 bits per heavy atom. The lowest BCUT2D eigenvalue weighted by Gasteiger charge is -2.11. The maximum Gasteiger partial charge on any atom is 0.0794 e. The first kappa shape index (κ1) is 10.6. The predicted molar refractivity (Wildman–Crippen MR) is 56.7 cm³/mol. The van der Waals surface area contributed by atoms with Gasteiger partial charge in [-0.25, -0.2) is 0 Å². The molecular formula is C9H17N3S. The SMILES string of the molecule is CCC(CN)CNCc1cncs1. The third kappa shape index (κ3) is 3.85. The summed E-state index contributed by atoms with van der Waals surface area (Å²) in [5, 5.41) is 3.38. The average molecular weight is 199 g/mol. The zero-order valence-electron chi connectivity index (χ0n) is 7.99. The molecule has 0 fully saturated rings. The summed E-state index contributed by atoms with van der Waals surface area (Å²) < 4.78 is 0. The van der Waals surface area contributed by atoms with Crippen LogP contribution in [0.3, 0.4) is 0 Å². The summed E-state index contributed by atoms with van der Waals surface area (Å²) >= 11 is 1.68. The Hall–Kier alpha value is -0.450. The lowest BCUT2D eigenvalue weighted by atomic mass is 10.1. The van der Waals surface area contributed by atoms with Crippen LogP contribution in [0.1, 0.15) is 18.2 Å². The van der Waals surface area contributed by atoms with Gasteiger partial charge in [0.15, 0.2) is 0 Å². The molecule has 1 atom stereocenters. The summed E-state index contributed by atoms with van der Waals surface area (Å²) in [5.41, 5.74) is 7.45. The Balaban J connectivity index is 2.13. The molecule has 0 amide bonds. The van der Waals surface area contributed by atoms with Crippen molar-refractivity contribution in [3.63, 3.8) is 0 Å². The van der Waals surface area contributed by atoms with Gasteiger partial charge in [-0.15, -0.1) is 11.3 Å². The van der Waals surface area contributed by atoms with Crippen LogP contribution in [-0.2, 0) is 6.54 Å². The van der Waals surface area contributed by atoms with Crippen molar-refractivity contribution in [2.45, 2.75) is 19.9 Å². The smallest absolute Gasteiger partial charge is 0.0794 e. The van der Waals surface area contributed by atoms with Gasteiger partial charge in [0.05, 0.1) is 5.51 Å². The van der Waals surface area contributed by atoms with Gasteiger partial charge in [0.2, 0.25) is 0 Å². The minimum atomic E-state index is 0.605. The van der Waals surface area contributed by atoms with E-state index in [1.165, 1.54) is 4.88 Å². The van der Waals surface area contributed by atoms with Crippen LogP contribution in [0.2, 0.25) is 0 Å². The number of nitrogens with one attached hydrogen (secondary N) is 1. The zero-order chi connectivity index (χ0) is 9.52.